The number of carbonyl (C=O) groups excluding carboxylic acids is 3. The maximum atomic E-state index is 12.8. The molecule has 7 heteroatoms. The number of hydrogen-bond donors (Lipinski definition) is 0. The molecule has 2 aliphatic heterocycles. The first-order valence-corrected chi connectivity index (χ1v) is 10.5. The molecule has 1 saturated carbocycles. The predicted molar refractivity (Wildman–Crippen MR) is 107 cm³/mol. The van der Waals surface area contributed by atoms with Crippen LogP contribution in [-0.2, 0) is 14.4 Å². The molecule has 1 aromatic rings. The second-order valence-corrected chi connectivity index (χ2v) is 8.50. The molecule has 6 nitrogen and oxygen atoms in total. The quantitative estimate of drug-likeness (QED) is 0.727. The molecule has 150 valence electrons. The van der Waals surface area contributed by atoms with Gasteiger partial charge >= 0.3 is 0 Å². The van der Waals surface area contributed by atoms with Crippen molar-refractivity contribution in [2.45, 2.75) is 32.6 Å². The molecule has 3 amide bonds. The van der Waals surface area contributed by atoms with Crippen molar-refractivity contribution < 1.29 is 14.4 Å². The van der Waals surface area contributed by atoms with Gasteiger partial charge in [-0.1, -0.05) is 30.5 Å². The molecular weight excluding hydrogens is 378 g/mol. The van der Waals surface area contributed by atoms with Gasteiger partial charge in [0.15, 0.2) is 0 Å². The lowest BCUT2D eigenvalue weighted by atomic mass is 9.81. The first kappa shape index (κ1) is 19.2. The molecular formula is C21H26ClN3O3. The molecule has 3 aliphatic rings. The monoisotopic (exact) mass is 403 g/mol. The Morgan fingerprint density at radius 3 is 2.25 bits per heavy atom. The molecule has 0 aromatic heterocycles. The number of amides is 3. The Morgan fingerprint density at radius 2 is 1.64 bits per heavy atom. The molecule has 0 unspecified atom stereocenters. The fraction of sp³-hybridized carbons (Fsp3) is 0.571. The van der Waals surface area contributed by atoms with Gasteiger partial charge in [0.2, 0.25) is 17.7 Å². The van der Waals surface area contributed by atoms with Gasteiger partial charge in [-0.25, -0.2) is 0 Å². The number of fused-ring (bicyclic) bond motifs is 1. The Bertz CT molecular complexity index is 780. The van der Waals surface area contributed by atoms with E-state index in [-0.39, 0.29) is 36.1 Å². The summed E-state index contributed by atoms with van der Waals surface area (Å²) in [7, 11) is 0. The summed E-state index contributed by atoms with van der Waals surface area (Å²) in [6, 6.07) is 5.83. The van der Waals surface area contributed by atoms with Crippen LogP contribution in [0.15, 0.2) is 18.2 Å². The fourth-order valence-corrected chi connectivity index (χ4v) is 4.91. The van der Waals surface area contributed by atoms with Crippen molar-refractivity contribution in [1.82, 2.24) is 9.80 Å². The Hall–Kier alpha value is -2.08. The number of benzene rings is 1. The molecule has 0 N–H and O–H groups in total. The SMILES string of the molecule is Cc1ccc(Cl)cc1N1CCN(C(=O)CN2C(=O)[C@H]3CCCC[C@H]3C2=O)CC1. The normalized spacial score (nSPS) is 25.3. The number of imide groups is 1. The third-order valence-corrected chi connectivity index (χ3v) is 6.61. The number of piperazine rings is 1. The highest BCUT2D eigenvalue weighted by atomic mass is 35.5. The molecule has 28 heavy (non-hydrogen) atoms. The highest BCUT2D eigenvalue weighted by molar-refractivity contribution is 6.30. The van der Waals surface area contributed by atoms with Crippen LogP contribution in [0.4, 0.5) is 5.69 Å². The van der Waals surface area contributed by atoms with Crippen LogP contribution in [0.2, 0.25) is 5.02 Å². The Labute approximate surface area is 170 Å². The minimum atomic E-state index is -0.197. The number of likely N-dealkylation sites (tertiary alicyclic amines) is 1. The lowest BCUT2D eigenvalue weighted by molar-refractivity contribution is -0.146. The summed E-state index contributed by atoms with van der Waals surface area (Å²) in [6.07, 6.45) is 3.54. The van der Waals surface area contributed by atoms with E-state index in [0.717, 1.165) is 36.9 Å². The van der Waals surface area contributed by atoms with E-state index in [1.54, 1.807) is 4.90 Å². The van der Waals surface area contributed by atoms with Gasteiger partial charge in [0.1, 0.15) is 6.54 Å². The molecule has 2 saturated heterocycles. The molecule has 3 fully saturated rings. The summed E-state index contributed by atoms with van der Waals surface area (Å²) >= 11 is 6.13. The molecule has 2 atom stereocenters. The van der Waals surface area contributed by atoms with Gasteiger partial charge < -0.3 is 9.80 Å². The average molecular weight is 404 g/mol. The third kappa shape index (κ3) is 3.50. The lowest BCUT2D eigenvalue weighted by Crippen LogP contribution is -2.52. The molecule has 4 rings (SSSR count). The van der Waals surface area contributed by atoms with E-state index in [4.69, 9.17) is 11.6 Å². The van der Waals surface area contributed by atoms with Gasteiger partial charge in [-0.2, -0.15) is 0 Å². The van der Waals surface area contributed by atoms with Gasteiger partial charge in [-0.15, -0.1) is 0 Å². The van der Waals surface area contributed by atoms with Crippen LogP contribution in [0.25, 0.3) is 0 Å². The first-order chi connectivity index (χ1) is 13.5. The first-order valence-electron chi connectivity index (χ1n) is 10.1. The van der Waals surface area contributed by atoms with Crippen molar-refractivity contribution in [1.29, 1.82) is 0 Å². The van der Waals surface area contributed by atoms with Crippen molar-refractivity contribution in [3.05, 3.63) is 28.8 Å². The number of rotatable bonds is 3. The summed E-state index contributed by atoms with van der Waals surface area (Å²) in [4.78, 5) is 43.1. The summed E-state index contributed by atoms with van der Waals surface area (Å²) < 4.78 is 0. The van der Waals surface area contributed by atoms with Gasteiger partial charge in [-0.05, 0) is 37.5 Å². The van der Waals surface area contributed by atoms with E-state index in [1.165, 1.54) is 4.90 Å². The minimum absolute atomic E-state index is 0.110. The second kappa shape index (κ2) is 7.74. The number of halogens is 1. The maximum Gasteiger partial charge on any atom is 0.242 e. The van der Waals surface area contributed by atoms with Crippen LogP contribution in [0.5, 0.6) is 0 Å². The highest BCUT2D eigenvalue weighted by Gasteiger charge is 2.48. The maximum absolute atomic E-state index is 12.8. The van der Waals surface area contributed by atoms with Crippen molar-refractivity contribution in [2.24, 2.45) is 11.8 Å². The van der Waals surface area contributed by atoms with Gasteiger partial charge in [0.05, 0.1) is 11.8 Å². The Morgan fingerprint density at radius 1 is 1.04 bits per heavy atom. The molecule has 0 radical (unpaired) electrons. The Balaban J connectivity index is 1.36. The second-order valence-electron chi connectivity index (χ2n) is 8.06. The zero-order chi connectivity index (χ0) is 19.8. The zero-order valence-electron chi connectivity index (χ0n) is 16.2. The zero-order valence-corrected chi connectivity index (χ0v) is 17.0. The smallest absolute Gasteiger partial charge is 0.242 e. The van der Waals surface area contributed by atoms with Crippen LogP contribution in [0, 0.1) is 18.8 Å². The van der Waals surface area contributed by atoms with E-state index in [9.17, 15) is 14.4 Å². The van der Waals surface area contributed by atoms with Crippen LogP contribution in [0.3, 0.4) is 0 Å². The molecule has 1 aromatic carbocycles. The summed E-state index contributed by atoms with van der Waals surface area (Å²) in [5, 5.41) is 0.701. The van der Waals surface area contributed by atoms with E-state index in [1.807, 2.05) is 25.1 Å². The van der Waals surface area contributed by atoms with Crippen LogP contribution in [0.1, 0.15) is 31.2 Å². The summed E-state index contributed by atoms with van der Waals surface area (Å²) in [6.45, 7) is 4.51. The summed E-state index contributed by atoms with van der Waals surface area (Å²) in [5.74, 6) is -0.816. The van der Waals surface area contributed by atoms with Crippen LogP contribution in [-0.4, -0.2) is 60.2 Å². The highest BCUT2D eigenvalue weighted by Crippen LogP contribution is 2.38. The average Bonchev–Trinajstić information content (AvgIpc) is 2.95. The summed E-state index contributed by atoms with van der Waals surface area (Å²) in [5.41, 5.74) is 2.24. The minimum Gasteiger partial charge on any atom is -0.368 e. The van der Waals surface area contributed by atoms with E-state index in [2.05, 4.69) is 4.90 Å². The number of aryl methyl sites for hydroxylation is 1. The van der Waals surface area contributed by atoms with Crippen molar-refractivity contribution >= 4 is 35.0 Å². The topological polar surface area (TPSA) is 60.9 Å². The van der Waals surface area contributed by atoms with Gasteiger partial charge in [-0.3, -0.25) is 19.3 Å². The number of nitrogens with zero attached hydrogens (tertiary/aromatic N) is 3. The number of hydrogen-bond acceptors (Lipinski definition) is 4. The molecule has 1 aliphatic carbocycles. The molecule has 0 bridgehead atoms. The van der Waals surface area contributed by atoms with Gasteiger partial charge in [0.25, 0.3) is 0 Å². The van der Waals surface area contributed by atoms with Crippen molar-refractivity contribution in [2.75, 3.05) is 37.6 Å². The fourth-order valence-electron chi connectivity index (χ4n) is 4.74. The third-order valence-electron chi connectivity index (χ3n) is 6.37. The van der Waals surface area contributed by atoms with Crippen LogP contribution < -0.4 is 4.90 Å². The van der Waals surface area contributed by atoms with Gasteiger partial charge in [0, 0.05) is 36.9 Å². The molecule has 0 spiro atoms. The predicted octanol–water partition coefficient (Wildman–Crippen LogP) is 2.47. The lowest BCUT2D eigenvalue weighted by Gasteiger charge is -2.37. The molecule has 2 heterocycles. The Kier molecular flexibility index (Phi) is 5.32. The van der Waals surface area contributed by atoms with Crippen LogP contribution >= 0.6 is 11.6 Å². The number of anilines is 1. The number of carbonyl (C=O) groups is 3. The van der Waals surface area contributed by atoms with Crippen molar-refractivity contribution in [3.63, 3.8) is 0 Å². The van der Waals surface area contributed by atoms with E-state index in [0.29, 0.717) is 31.2 Å². The largest absolute Gasteiger partial charge is 0.368 e. The van der Waals surface area contributed by atoms with E-state index < -0.39 is 0 Å². The van der Waals surface area contributed by atoms with E-state index >= 15 is 0 Å². The standard InChI is InChI=1S/C21H26ClN3O3/c1-14-6-7-15(22)12-18(14)23-8-10-24(11-9-23)19(26)13-25-20(27)16-4-2-3-5-17(16)21(25)28/h6-7,12,16-17H,2-5,8-11,13H2,1H3/t16-,17+. The van der Waals surface area contributed by atoms with Crippen molar-refractivity contribution in [3.8, 4) is 0 Å².